The Kier molecular flexibility index (Phi) is 4.40. The number of rotatable bonds is 3. The van der Waals surface area contributed by atoms with Crippen molar-refractivity contribution in [1.29, 1.82) is 0 Å². The standard InChI is InChI=1S/C20H23N3O2/c24-23(25)20-10-4-3-9-19(20)22-14-12-21(13-15-22)18-11-5-7-16-6-1-2-8-17(16)18/h1-4,6,8-10,18H,5,7,11-15H2. The highest BCUT2D eigenvalue weighted by Gasteiger charge is 2.30. The molecule has 0 N–H and O–H groups in total. The molecule has 1 atom stereocenters. The molecule has 1 heterocycles. The fourth-order valence-corrected chi connectivity index (χ4v) is 4.27. The molecule has 0 bridgehead atoms. The Morgan fingerprint density at radius 1 is 0.960 bits per heavy atom. The Labute approximate surface area is 148 Å². The predicted octanol–water partition coefficient (Wildman–Crippen LogP) is 3.79. The number of nitro benzene ring substituents is 1. The SMILES string of the molecule is O=[N+]([O-])c1ccccc1N1CCN(C2CCCc3ccccc32)CC1. The van der Waals surface area contributed by atoms with E-state index in [1.807, 2.05) is 12.1 Å². The van der Waals surface area contributed by atoms with Gasteiger partial charge in [0.25, 0.3) is 5.69 Å². The fraction of sp³-hybridized carbons (Fsp3) is 0.400. The van der Waals surface area contributed by atoms with Crippen molar-refractivity contribution in [3.8, 4) is 0 Å². The number of nitro groups is 1. The van der Waals surface area contributed by atoms with Crippen LogP contribution >= 0.6 is 0 Å². The number of benzene rings is 2. The van der Waals surface area contributed by atoms with E-state index in [0.717, 1.165) is 31.9 Å². The van der Waals surface area contributed by atoms with Crippen LogP contribution in [0.5, 0.6) is 0 Å². The second kappa shape index (κ2) is 6.84. The van der Waals surface area contributed by atoms with Crippen molar-refractivity contribution in [2.75, 3.05) is 31.1 Å². The van der Waals surface area contributed by atoms with Gasteiger partial charge in [0.15, 0.2) is 0 Å². The lowest BCUT2D eigenvalue weighted by Gasteiger charge is -2.42. The molecular weight excluding hydrogens is 314 g/mol. The third-order valence-electron chi connectivity index (χ3n) is 5.51. The van der Waals surface area contributed by atoms with Crippen LogP contribution in [0.4, 0.5) is 11.4 Å². The van der Waals surface area contributed by atoms with E-state index in [9.17, 15) is 10.1 Å². The molecule has 25 heavy (non-hydrogen) atoms. The van der Waals surface area contributed by atoms with Crippen molar-refractivity contribution in [1.82, 2.24) is 4.90 Å². The molecule has 1 fully saturated rings. The number of fused-ring (bicyclic) bond motifs is 1. The van der Waals surface area contributed by atoms with Gasteiger partial charge in [0.05, 0.1) is 4.92 Å². The summed E-state index contributed by atoms with van der Waals surface area (Å²) in [7, 11) is 0. The Bertz CT molecular complexity index is 769. The molecule has 1 aliphatic carbocycles. The van der Waals surface area contributed by atoms with E-state index >= 15 is 0 Å². The minimum atomic E-state index is -0.279. The zero-order valence-corrected chi connectivity index (χ0v) is 14.3. The maximum Gasteiger partial charge on any atom is 0.292 e. The van der Waals surface area contributed by atoms with Crippen molar-refractivity contribution in [3.05, 3.63) is 69.8 Å². The molecule has 2 aromatic carbocycles. The van der Waals surface area contributed by atoms with E-state index in [1.165, 1.54) is 30.4 Å². The number of hydrogen-bond acceptors (Lipinski definition) is 4. The lowest BCUT2D eigenvalue weighted by molar-refractivity contribution is -0.384. The molecule has 0 saturated carbocycles. The van der Waals surface area contributed by atoms with Crippen molar-refractivity contribution in [3.63, 3.8) is 0 Å². The lowest BCUT2D eigenvalue weighted by atomic mass is 9.86. The summed E-state index contributed by atoms with van der Waals surface area (Å²) in [6.07, 6.45) is 3.64. The van der Waals surface area contributed by atoms with E-state index in [-0.39, 0.29) is 10.6 Å². The van der Waals surface area contributed by atoms with Gasteiger partial charge in [-0.3, -0.25) is 15.0 Å². The molecule has 2 aromatic rings. The predicted molar refractivity (Wildman–Crippen MR) is 99.0 cm³/mol. The molecule has 4 rings (SSSR count). The lowest BCUT2D eigenvalue weighted by Crippen LogP contribution is -2.48. The van der Waals surface area contributed by atoms with Crippen molar-refractivity contribution in [2.45, 2.75) is 25.3 Å². The topological polar surface area (TPSA) is 49.6 Å². The minimum absolute atomic E-state index is 0.207. The molecule has 0 radical (unpaired) electrons. The molecule has 5 nitrogen and oxygen atoms in total. The van der Waals surface area contributed by atoms with E-state index in [2.05, 4.69) is 34.1 Å². The summed E-state index contributed by atoms with van der Waals surface area (Å²) >= 11 is 0. The van der Waals surface area contributed by atoms with Crippen LogP contribution in [-0.4, -0.2) is 36.0 Å². The summed E-state index contributed by atoms with van der Waals surface area (Å²) < 4.78 is 0. The van der Waals surface area contributed by atoms with E-state index in [1.54, 1.807) is 12.1 Å². The van der Waals surface area contributed by atoms with E-state index in [4.69, 9.17) is 0 Å². The van der Waals surface area contributed by atoms with Gasteiger partial charge >= 0.3 is 0 Å². The summed E-state index contributed by atoms with van der Waals surface area (Å²) in [6.45, 7) is 3.57. The first-order chi connectivity index (χ1) is 12.2. The maximum absolute atomic E-state index is 11.3. The van der Waals surface area contributed by atoms with Gasteiger partial charge in [-0.2, -0.15) is 0 Å². The summed E-state index contributed by atoms with van der Waals surface area (Å²) in [5.41, 5.74) is 3.92. The second-order valence-corrected chi connectivity index (χ2v) is 6.88. The molecule has 1 saturated heterocycles. The number of anilines is 1. The monoisotopic (exact) mass is 337 g/mol. The van der Waals surface area contributed by atoms with Gasteiger partial charge in [0, 0.05) is 38.3 Å². The highest BCUT2D eigenvalue weighted by Crippen LogP contribution is 2.36. The normalized spacial score (nSPS) is 21.0. The van der Waals surface area contributed by atoms with Gasteiger partial charge in [-0.1, -0.05) is 36.4 Å². The molecular formula is C20H23N3O2. The van der Waals surface area contributed by atoms with Crippen LogP contribution in [0.3, 0.4) is 0 Å². The summed E-state index contributed by atoms with van der Waals surface area (Å²) in [5, 5.41) is 11.3. The number of hydrogen-bond donors (Lipinski definition) is 0. The van der Waals surface area contributed by atoms with Gasteiger partial charge in [-0.25, -0.2) is 0 Å². The molecule has 0 aromatic heterocycles. The third-order valence-corrected chi connectivity index (χ3v) is 5.51. The summed E-state index contributed by atoms with van der Waals surface area (Å²) in [4.78, 5) is 15.7. The average molecular weight is 337 g/mol. The van der Waals surface area contributed by atoms with Gasteiger partial charge in [-0.15, -0.1) is 0 Å². The summed E-state index contributed by atoms with van der Waals surface area (Å²) in [5.74, 6) is 0. The number of nitrogens with zero attached hydrogens (tertiary/aromatic N) is 3. The Morgan fingerprint density at radius 3 is 2.48 bits per heavy atom. The van der Waals surface area contributed by atoms with Crippen molar-refractivity contribution >= 4 is 11.4 Å². The Morgan fingerprint density at radius 2 is 1.68 bits per heavy atom. The van der Waals surface area contributed by atoms with Crippen LogP contribution in [0.1, 0.15) is 30.0 Å². The number of piperazine rings is 1. The molecule has 0 amide bonds. The fourth-order valence-electron chi connectivity index (χ4n) is 4.27. The Balaban J connectivity index is 1.49. The first-order valence-corrected chi connectivity index (χ1v) is 9.04. The quantitative estimate of drug-likeness (QED) is 0.631. The van der Waals surface area contributed by atoms with E-state index < -0.39 is 0 Å². The largest absolute Gasteiger partial charge is 0.363 e. The number of aryl methyl sites for hydroxylation is 1. The van der Waals surface area contributed by atoms with Gasteiger partial charge in [-0.05, 0) is 36.5 Å². The molecule has 5 heteroatoms. The average Bonchev–Trinajstić information content (AvgIpc) is 2.68. The smallest absolute Gasteiger partial charge is 0.292 e. The van der Waals surface area contributed by atoms with Crippen LogP contribution in [0.2, 0.25) is 0 Å². The Hall–Kier alpha value is -2.40. The van der Waals surface area contributed by atoms with Gasteiger partial charge in [0.2, 0.25) is 0 Å². The van der Waals surface area contributed by atoms with E-state index in [0.29, 0.717) is 6.04 Å². The van der Waals surface area contributed by atoms with Crippen LogP contribution < -0.4 is 4.90 Å². The maximum atomic E-state index is 11.3. The van der Waals surface area contributed by atoms with Crippen LogP contribution in [0.25, 0.3) is 0 Å². The van der Waals surface area contributed by atoms with Crippen LogP contribution in [0.15, 0.2) is 48.5 Å². The van der Waals surface area contributed by atoms with Crippen LogP contribution in [0, 0.1) is 10.1 Å². The molecule has 130 valence electrons. The summed E-state index contributed by atoms with van der Waals surface area (Å²) in [6, 6.07) is 16.4. The molecule has 0 spiro atoms. The molecule has 2 aliphatic rings. The van der Waals surface area contributed by atoms with Crippen LogP contribution in [-0.2, 0) is 6.42 Å². The van der Waals surface area contributed by atoms with Crippen molar-refractivity contribution in [2.24, 2.45) is 0 Å². The zero-order chi connectivity index (χ0) is 17.2. The number of para-hydroxylation sites is 2. The zero-order valence-electron chi connectivity index (χ0n) is 14.3. The highest BCUT2D eigenvalue weighted by atomic mass is 16.6. The van der Waals surface area contributed by atoms with Gasteiger partial charge < -0.3 is 4.90 Å². The first kappa shape index (κ1) is 16.1. The third kappa shape index (κ3) is 3.12. The van der Waals surface area contributed by atoms with Gasteiger partial charge in [0.1, 0.15) is 5.69 Å². The first-order valence-electron chi connectivity index (χ1n) is 9.04. The van der Waals surface area contributed by atoms with Crippen molar-refractivity contribution < 1.29 is 4.92 Å². The minimum Gasteiger partial charge on any atom is -0.363 e. The second-order valence-electron chi connectivity index (χ2n) is 6.88. The molecule has 1 aliphatic heterocycles. The molecule has 1 unspecified atom stereocenters. The highest BCUT2D eigenvalue weighted by molar-refractivity contribution is 5.63.